The lowest BCUT2D eigenvalue weighted by Gasteiger charge is -2.37. The fourth-order valence-corrected chi connectivity index (χ4v) is 4.81. The van der Waals surface area contributed by atoms with Crippen LogP contribution in [0.2, 0.25) is 5.02 Å². The summed E-state index contributed by atoms with van der Waals surface area (Å²) < 4.78 is 67.7. The maximum Gasteiger partial charge on any atom is 0.416 e. The molecule has 6 nitrogen and oxygen atoms in total. The lowest BCUT2D eigenvalue weighted by molar-refractivity contribution is -0.137. The number of benzene rings is 3. The standard InChI is InChI=1S/C26H16ClF5N4O2/c27-19-2-1-15(28)8-17(19)22-21-18(24(38)36-22)6-13(25(9-33)10-34-11-25)7-20(21)35-23(37)12-3-14(26(30,31)32)5-16(29)4-12/h1-8,22,34H,10-11H2,(H,35,37)(H,36,38). The molecular formula is C26H16ClF5N4O2. The van der Waals surface area contributed by atoms with Crippen LogP contribution < -0.4 is 16.0 Å². The number of carbonyl (C=O) groups is 2. The first kappa shape index (κ1) is 25.6. The molecule has 2 heterocycles. The van der Waals surface area contributed by atoms with Crippen molar-refractivity contribution in [2.24, 2.45) is 0 Å². The number of nitrogens with zero attached hydrogens (tertiary/aromatic N) is 1. The molecule has 3 aromatic carbocycles. The van der Waals surface area contributed by atoms with E-state index in [0.29, 0.717) is 17.7 Å². The number of rotatable bonds is 4. The van der Waals surface area contributed by atoms with E-state index < -0.39 is 52.2 Å². The fourth-order valence-electron chi connectivity index (χ4n) is 4.58. The molecular weight excluding hydrogens is 531 g/mol. The molecule has 194 valence electrons. The van der Waals surface area contributed by atoms with Crippen LogP contribution in [0.25, 0.3) is 0 Å². The highest BCUT2D eigenvalue weighted by molar-refractivity contribution is 6.31. The molecule has 3 aromatic rings. The van der Waals surface area contributed by atoms with Crippen molar-refractivity contribution in [2.45, 2.75) is 17.6 Å². The number of hydrogen-bond donors (Lipinski definition) is 3. The molecule has 1 atom stereocenters. The van der Waals surface area contributed by atoms with Crippen molar-refractivity contribution in [1.29, 1.82) is 5.26 Å². The summed E-state index contributed by atoms with van der Waals surface area (Å²) in [5.74, 6) is -3.59. The van der Waals surface area contributed by atoms with Crippen LogP contribution in [-0.4, -0.2) is 24.9 Å². The Bertz CT molecular complexity index is 1550. The Morgan fingerprint density at radius 2 is 1.82 bits per heavy atom. The van der Waals surface area contributed by atoms with E-state index in [1.54, 1.807) is 0 Å². The van der Waals surface area contributed by atoms with Crippen LogP contribution in [0.4, 0.5) is 27.6 Å². The van der Waals surface area contributed by atoms with E-state index in [9.17, 15) is 36.8 Å². The van der Waals surface area contributed by atoms with Gasteiger partial charge in [0, 0.05) is 46.1 Å². The minimum atomic E-state index is -4.90. The summed E-state index contributed by atoms with van der Waals surface area (Å²) in [7, 11) is 0. The van der Waals surface area contributed by atoms with Crippen LogP contribution >= 0.6 is 11.6 Å². The van der Waals surface area contributed by atoms with Gasteiger partial charge in [0.1, 0.15) is 17.0 Å². The van der Waals surface area contributed by atoms with Gasteiger partial charge < -0.3 is 16.0 Å². The molecule has 0 bridgehead atoms. The second-order valence-corrected chi connectivity index (χ2v) is 9.44. The van der Waals surface area contributed by atoms with Crippen molar-refractivity contribution in [2.75, 3.05) is 18.4 Å². The van der Waals surface area contributed by atoms with Crippen LogP contribution in [0.1, 0.15) is 49.0 Å². The normalized spacial score (nSPS) is 17.7. The average molecular weight is 547 g/mol. The van der Waals surface area contributed by atoms with Crippen LogP contribution in [-0.2, 0) is 11.6 Å². The minimum Gasteiger partial charge on any atom is -0.341 e. The quantitative estimate of drug-likeness (QED) is 0.398. The predicted molar refractivity (Wildman–Crippen MR) is 127 cm³/mol. The lowest BCUT2D eigenvalue weighted by atomic mass is 9.75. The third-order valence-corrected chi connectivity index (χ3v) is 6.96. The van der Waals surface area contributed by atoms with Gasteiger partial charge in [-0.25, -0.2) is 8.78 Å². The van der Waals surface area contributed by atoms with Gasteiger partial charge in [0.05, 0.1) is 17.7 Å². The molecule has 2 amide bonds. The predicted octanol–water partition coefficient (Wildman–Crippen LogP) is 5.09. The molecule has 0 spiro atoms. The molecule has 2 aliphatic heterocycles. The molecule has 38 heavy (non-hydrogen) atoms. The van der Waals surface area contributed by atoms with Crippen molar-refractivity contribution >= 4 is 29.1 Å². The van der Waals surface area contributed by atoms with E-state index in [2.05, 4.69) is 22.0 Å². The smallest absolute Gasteiger partial charge is 0.341 e. The zero-order valence-electron chi connectivity index (χ0n) is 19.1. The largest absolute Gasteiger partial charge is 0.416 e. The molecule has 3 N–H and O–H groups in total. The molecule has 1 unspecified atom stereocenters. The number of anilines is 1. The summed E-state index contributed by atoms with van der Waals surface area (Å²) >= 11 is 6.28. The Hall–Kier alpha value is -4.01. The Morgan fingerprint density at radius 1 is 1.08 bits per heavy atom. The summed E-state index contributed by atoms with van der Waals surface area (Å²) in [6.45, 7) is 0.518. The van der Waals surface area contributed by atoms with E-state index in [4.69, 9.17) is 11.6 Å². The Labute approximate surface area is 217 Å². The SMILES string of the molecule is N#CC1(c2cc(NC(=O)c3cc(F)cc(C(F)(F)F)c3)c3c(c2)C(=O)NC3c2cc(F)ccc2Cl)CNC1. The maximum atomic E-state index is 14.1. The van der Waals surface area contributed by atoms with Gasteiger partial charge in [-0.3, -0.25) is 9.59 Å². The Balaban J connectivity index is 1.65. The molecule has 2 aliphatic rings. The van der Waals surface area contributed by atoms with E-state index in [1.807, 2.05) is 0 Å². The molecule has 1 fully saturated rings. The highest BCUT2D eigenvalue weighted by atomic mass is 35.5. The molecule has 0 aromatic heterocycles. The maximum absolute atomic E-state index is 14.1. The summed E-state index contributed by atoms with van der Waals surface area (Å²) in [5.41, 5.74) is -2.22. The van der Waals surface area contributed by atoms with Crippen molar-refractivity contribution in [1.82, 2.24) is 10.6 Å². The summed E-state index contributed by atoms with van der Waals surface area (Å²) in [6.07, 6.45) is -4.90. The number of nitrogens with one attached hydrogen (secondary N) is 3. The van der Waals surface area contributed by atoms with Gasteiger partial charge in [-0.1, -0.05) is 11.6 Å². The first-order valence-electron chi connectivity index (χ1n) is 11.2. The number of hydrogen-bond acceptors (Lipinski definition) is 4. The van der Waals surface area contributed by atoms with Gasteiger partial charge in [0.15, 0.2) is 0 Å². The number of carbonyl (C=O) groups excluding carboxylic acids is 2. The Kier molecular flexibility index (Phi) is 6.12. The third-order valence-electron chi connectivity index (χ3n) is 6.61. The number of alkyl halides is 3. The number of fused-ring (bicyclic) bond motifs is 1. The molecule has 0 aliphatic carbocycles. The first-order chi connectivity index (χ1) is 17.9. The van der Waals surface area contributed by atoms with Gasteiger partial charge in [-0.2, -0.15) is 18.4 Å². The molecule has 5 rings (SSSR count). The van der Waals surface area contributed by atoms with Crippen LogP contribution in [0.3, 0.4) is 0 Å². The van der Waals surface area contributed by atoms with Gasteiger partial charge in [0.25, 0.3) is 11.8 Å². The van der Waals surface area contributed by atoms with Crippen molar-refractivity contribution < 1.29 is 31.5 Å². The van der Waals surface area contributed by atoms with E-state index in [1.165, 1.54) is 18.2 Å². The van der Waals surface area contributed by atoms with Crippen molar-refractivity contribution in [3.8, 4) is 6.07 Å². The molecule has 12 heteroatoms. The van der Waals surface area contributed by atoms with Gasteiger partial charge >= 0.3 is 6.18 Å². The fraction of sp³-hybridized carbons (Fsp3) is 0.192. The molecule has 1 saturated heterocycles. The third kappa shape index (κ3) is 4.36. The first-order valence-corrected chi connectivity index (χ1v) is 11.5. The average Bonchev–Trinajstić information content (AvgIpc) is 3.16. The summed E-state index contributed by atoms with van der Waals surface area (Å²) in [6, 6.07) is 9.01. The van der Waals surface area contributed by atoms with Crippen molar-refractivity contribution in [3.63, 3.8) is 0 Å². The monoisotopic (exact) mass is 546 g/mol. The van der Waals surface area contributed by atoms with Crippen LogP contribution in [0.5, 0.6) is 0 Å². The highest BCUT2D eigenvalue weighted by Crippen LogP contribution is 2.42. The zero-order chi connectivity index (χ0) is 27.4. The molecule has 0 radical (unpaired) electrons. The second-order valence-electron chi connectivity index (χ2n) is 9.04. The van der Waals surface area contributed by atoms with Crippen LogP contribution in [0, 0.1) is 23.0 Å². The van der Waals surface area contributed by atoms with Gasteiger partial charge in [-0.05, 0) is 54.1 Å². The van der Waals surface area contributed by atoms with E-state index >= 15 is 0 Å². The Morgan fingerprint density at radius 3 is 2.45 bits per heavy atom. The van der Waals surface area contributed by atoms with Gasteiger partial charge in [0.2, 0.25) is 0 Å². The molecule has 0 saturated carbocycles. The number of amides is 2. The van der Waals surface area contributed by atoms with Gasteiger partial charge in [-0.15, -0.1) is 0 Å². The second kappa shape index (κ2) is 9.08. The lowest BCUT2D eigenvalue weighted by Crippen LogP contribution is -2.55. The summed E-state index contributed by atoms with van der Waals surface area (Å²) in [4.78, 5) is 26.1. The number of halogens is 6. The summed E-state index contributed by atoms with van der Waals surface area (Å²) in [5, 5.41) is 18.0. The highest BCUT2D eigenvalue weighted by Gasteiger charge is 2.42. The topological polar surface area (TPSA) is 94.0 Å². The zero-order valence-corrected chi connectivity index (χ0v) is 19.9. The van der Waals surface area contributed by atoms with Crippen molar-refractivity contribution in [3.05, 3.63) is 98.6 Å². The van der Waals surface area contributed by atoms with E-state index in [-0.39, 0.29) is 46.6 Å². The van der Waals surface area contributed by atoms with E-state index in [0.717, 1.165) is 12.1 Å². The van der Waals surface area contributed by atoms with Crippen LogP contribution in [0.15, 0.2) is 48.5 Å². The number of nitriles is 1. The minimum absolute atomic E-state index is 0.0227.